The number of hydrogen-bond donors (Lipinski definition) is 1. The van der Waals surface area contributed by atoms with Crippen LogP contribution in [0.1, 0.15) is 28.4 Å². The summed E-state index contributed by atoms with van der Waals surface area (Å²) in [7, 11) is 0. The molecule has 2 aromatic heterocycles. The van der Waals surface area contributed by atoms with Crippen LogP contribution in [-0.4, -0.2) is 32.9 Å². The van der Waals surface area contributed by atoms with E-state index < -0.39 is 18.0 Å². The predicted molar refractivity (Wildman–Crippen MR) is 148 cm³/mol. The maximum Gasteiger partial charge on any atom is 0.338 e. The molecule has 1 atom stereocenters. The first kappa shape index (κ1) is 24.8. The highest BCUT2D eigenvalue weighted by atomic mass is 16.5. The Kier molecular flexibility index (Phi) is 6.91. The zero-order chi connectivity index (χ0) is 26.6. The van der Waals surface area contributed by atoms with Crippen LogP contribution in [0.5, 0.6) is 0 Å². The molecule has 0 aliphatic carbocycles. The zero-order valence-electron chi connectivity index (χ0n) is 21.3. The Morgan fingerprint density at radius 2 is 1.29 bits per heavy atom. The molecule has 1 unspecified atom stereocenters. The number of aromatic nitrogens is 3. The van der Waals surface area contributed by atoms with Crippen molar-refractivity contribution in [2.45, 2.75) is 26.9 Å². The molecule has 7 heteroatoms. The second-order valence-corrected chi connectivity index (χ2v) is 9.13. The number of hydrogen-bond acceptors (Lipinski definition) is 6. The lowest BCUT2D eigenvalue weighted by Crippen LogP contribution is -2.30. The summed E-state index contributed by atoms with van der Waals surface area (Å²) in [4.78, 5) is 39.2. The molecule has 0 aliphatic rings. The molecule has 5 aromatic rings. The average Bonchev–Trinajstić information content (AvgIpc) is 2.93. The molecule has 3 aromatic carbocycles. The van der Waals surface area contributed by atoms with Gasteiger partial charge in [-0.25, -0.2) is 14.8 Å². The third kappa shape index (κ3) is 5.42. The van der Waals surface area contributed by atoms with Crippen LogP contribution in [-0.2, 0) is 9.53 Å². The van der Waals surface area contributed by atoms with Crippen molar-refractivity contribution in [3.8, 4) is 22.5 Å². The number of rotatable bonds is 6. The van der Waals surface area contributed by atoms with Crippen LogP contribution in [0.25, 0.3) is 33.5 Å². The summed E-state index contributed by atoms with van der Waals surface area (Å²) < 4.78 is 5.44. The molecule has 0 radical (unpaired) electrons. The van der Waals surface area contributed by atoms with Crippen molar-refractivity contribution in [3.05, 3.63) is 108 Å². The first-order valence-corrected chi connectivity index (χ1v) is 12.2. The molecule has 0 bridgehead atoms. The van der Waals surface area contributed by atoms with Crippen LogP contribution in [0.2, 0.25) is 0 Å². The minimum absolute atomic E-state index is 0.285. The average molecular weight is 503 g/mol. The van der Waals surface area contributed by atoms with E-state index in [0.29, 0.717) is 16.7 Å². The van der Waals surface area contributed by atoms with E-state index in [-0.39, 0.29) is 5.56 Å². The Hall–Kier alpha value is -4.91. The van der Waals surface area contributed by atoms with Gasteiger partial charge in [-0.3, -0.25) is 9.78 Å². The van der Waals surface area contributed by atoms with Crippen molar-refractivity contribution in [3.63, 3.8) is 0 Å². The number of anilines is 1. The number of amides is 1. The van der Waals surface area contributed by atoms with Gasteiger partial charge in [-0.15, -0.1) is 0 Å². The molecule has 1 N–H and O–H groups in total. The Morgan fingerprint density at radius 1 is 0.737 bits per heavy atom. The predicted octanol–water partition coefficient (Wildman–Crippen LogP) is 6.16. The first-order chi connectivity index (χ1) is 18.4. The van der Waals surface area contributed by atoms with Gasteiger partial charge in [0, 0.05) is 29.2 Å². The first-order valence-electron chi connectivity index (χ1n) is 12.2. The largest absolute Gasteiger partial charge is 0.449 e. The number of nitrogens with one attached hydrogen (secondary N) is 1. The van der Waals surface area contributed by atoms with Gasteiger partial charge in [-0.2, -0.15) is 0 Å². The van der Waals surface area contributed by atoms with E-state index in [4.69, 9.17) is 14.7 Å². The maximum absolute atomic E-state index is 12.9. The van der Waals surface area contributed by atoms with Gasteiger partial charge in [0.25, 0.3) is 5.91 Å². The Morgan fingerprint density at radius 3 is 1.87 bits per heavy atom. The summed E-state index contributed by atoms with van der Waals surface area (Å²) in [5.41, 5.74) is 7.73. The van der Waals surface area contributed by atoms with Gasteiger partial charge in [0.1, 0.15) is 0 Å². The Labute approximate surface area is 220 Å². The number of pyridine rings is 1. The van der Waals surface area contributed by atoms with E-state index >= 15 is 0 Å². The highest BCUT2D eigenvalue weighted by Gasteiger charge is 2.20. The van der Waals surface area contributed by atoms with Crippen molar-refractivity contribution >= 4 is 28.6 Å². The van der Waals surface area contributed by atoms with Gasteiger partial charge in [0.2, 0.25) is 0 Å². The monoisotopic (exact) mass is 502 g/mol. The van der Waals surface area contributed by atoms with Crippen molar-refractivity contribution in [1.29, 1.82) is 0 Å². The Balaban J connectivity index is 1.46. The molecule has 0 fully saturated rings. The van der Waals surface area contributed by atoms with E-state index in [9.17, 15) is 9.59 Å². The minimum atomic E-state index is -0.996. The van der Waals surface area contributed by atoms with E-state index in [1.165, 1.54) is 6.92 Å². The second-order valence-electron chi connectivity index (χ2n) is 9.13. The standard InChI is InChI=1S/C31H26N4O3/c1-19-4-8-22(9-5-19)28-29(23-10-6-20(2)7-11-23)35-27-18-24(12-13-26(27)34-28)31(37)38-21(3)30(36)33-25-14-16-32-17-15-25/h4-18,21H,1-3H3,(H,32,33,36). The van der Waals surface area contributed by atoms with E-state index in [2.05, 4.69) is 10.3 Å². The molecule has 7 nitrogen and oxygen atoms in total. The summed E-state index contributed by atoms with van der Waals surface area (Å²) in [5.74, 6) is -1.06. The fourth-order valence-electron chi connectivity index (χ4n) is 3.97. The second kappa shape index (κ2) is 10.6. The third-order valence-corrected chi connectivity index (χ3v) is 6.15. The highest BCUT2D eigenvalue weighted by Crippen LogP contribution is 2.31. The number of nitrogens with zero attached hydrogens (tertiary/aromatic N) is 3. The van der Waals surface area contributed by atoms with Crippen LogP contribution in [0.4, 0.5) is 5.69 Å². The molecular weight excluding hydrogens is 476 g/mol. The van der Waals surface area contributed by atoms with Crippen LogP contribution in [0.15, 0.2) is 91.3 Å². The van der Waals surface area contributed by atoms with Gasteiger partial charge < -0.3 is 10.1 Å². The van der Waals surface area contributed by atoms with Gasteiger partial charge >= 0.3 is 5.97 Å². The van der Waals surface area contributed by atoms with Crippen LogP contribution < -0.4 is 5.32 Å². The van der Waals surface area contributed by atoms with Gasteiger partial charge in [-0.05, 0) is 51.1 Å². The topological polar surface area (TPSA) is 94.1 Å². The van der Waals surface area contributed by atoms with Gasteiger partial charge in [0.05, 0.1) is 28.0 Å². The van der Waals surface area contributed by atoms with Crippen LogP contribution in [0, 0.1) is 13.8 Å². The fourth-order valence-corrected chi connectivity index (χ4v) is 3.97. The molecule has 0 aliphatic heterocycles. The van der Waals surface area contributed by atoms with E-state index in [1.54, 1.807) is 42.7 Å². The fraction of sp³-hybridized carbons (Fsp3) is 0.129. The third-order valence-electron chi connectivity index (χ3n) is 6.15. The molecule has 5 rings (SSSR count). The molecule has 188 valence electrons. The van der Waals surface area contributed by atoms with Crippen LogP contribution in [0.3, 0.4) is 0 Å². The quantitative estimate of drug-likeness (QED) is 0.280. The number of fused-ring (bicyclic) bond motifs is 1. The SMILES string of the molecule is Cc1ccc(-c2nc3ccc(C(=O)OC(C)C(=O)Nc4ccncc4)cc3nc2-c2ccc(C)cc2)cc1. The number of esters is 1. The molecule has 0 saturated carbocycles. The number of carbonyl (C=O) groups is 2. The summed E-state index contributed by atoms with van der Waals surface area (Å²) in [5, 5.41) is 2.70. The highest BCUT2D eigenvalue weighted by molar-refractivity contribution is 5.99. The number of carbonyl (C=O) groups excluding carboxylic acids is 2. The lowest BCUT2D eigenvalue weighted by atomic mass is 10.0. The Bertz CT molecular complexity index is 1620. The molecule has 0 saturated heterocycles. The van der Waals surface area contributed by atoms with Crippen molar-refractivity contribution in [1.82, 2.24) is 15.0 Å². The van der Waals surface area contributed by atoms with Crippen molar-refractivity contribution < 1.29 is 14.3 Å². The number of benzene rings is 3. The maximum atomic E-state index is 12.9. The van der Waals surface area contributed by atoms with Gasteiger partial charge in [-0.1, -0.05) is 59.7 Å². The zero-order valence-corrected chi connectivity index (χ0v) is 21.3. The van der Waals surface area contributed by atoms with Crippen molar-refractivity contribution in [2.24, 2.45) is 0 Å². The lowest BCUT2D eigenvalue weighted by molar-refractivity contribution is -0.123. The molecule has 1 amide bonds. The molecule has 0 spiro atoms. The van der Waals surface area contributed by atoms with Crippen LogP contribution >= 0.6 is 0 Å². The van der Waals surface area contributed by atoms with E-state index in [0.717, 1.165) is 33.6 Å². The number of aryl methyl sites for hydroxylation is 2. The summed E-state index contributed by atoms with van der Waals surface area (Å²) in [6.45, 7) is 5.60. The summed E-state index contributed by atoms with van der Waals surface area (Å²) in [6, 6.07) is 24.6. The summed E-state index contributed by atoms with van der Waals surface area (Å²) in [6.07, 6.45) is 2.14. The minimum Gasteiger partial charge on any atom is -0.449 e. The van der Waals surface area contributed by atoms with E-state index in [1.807, 2.05) is 62.4 Å². The van der Waals surface area contributed by atoms with Crippen molar-refractivity contribution in [2.75, 3.05) is 5.32 Å². The molecule has 2 heterocycles. The summed E-state index contributed by atoms with van der Waals surface area (Å²) >= 11 is 0. The smallest absolute Gasteiger partial charge is 0.338 e. The molecule has 38 heavy (non-hydrogen) atoms. The number of ether oxygens (including phenoxy) is 1. The molecular formula is C31H26N4O3. The normalized spacial score (nSPS) is 11.7. The van der Waals surface area contributed by atoms with Gasteiger partial charge in [0.15, 0.2) is 6.10 Å². The lowest BCUT2D eigenvalue weighted by Gasteiger charge is -2.14.